The zero-order valence-electron chi connectivity index (χ0n) is 15.1. The Hall–Kier alpha value is -2.71. The predicted molar refractivity (Wildman–Crippen MR) is 109 cm³/mol. The van der Waals surface area contributed by atoms with Gasteiger partial charge in [0, 0.05) is 23.6 Å². The summed E-state index contributed by atoms with van der Waals surface area (Å²) < 4.78 is 27.7. The highest BCUT2D eigenvalue weighted by molar-refractivity contribution is 7.93. The van der Waals surface area contributed by atoms with Gasteiger partial charge in [0.15, 0.2) is 5.13 Å². The first-order valence-electron chi connectivity index (χ1n) is 8.18. The van der Waals surface area contributed by atoms with Gasteiger partial charge in [0.05, 0.1) is 10.6 Å². The molecule has 0 saturated heterocycles. The lowest BCUT2D eigenvalue weighted by Gasteiger charge is -2.07. The quantitative estimate of drug-likeness (QED) is 0.671. The van der Waals surface area contributed by atoms with Crippen LogP contribution in [0.25, 0.3) is 11.3 Å². The number of nitrogens with one attached hydrogen (secondary N) is 2. The van der Waals surface area contributed by atoms with Gasteiger partial charge in [0.1, 0.15) is 0 Å². The molecule has 3 aromatic rings. The van der Waals surface area contributed by atoms with Crippen molar-refractivity contribution in [2.75, 3.05) is 10.0 Å². The number of nitrogens with zero attached hydrogens (tertiary/aromatic N) is 1. The smallest absolute Gasteiger partial charge is 0.263 e. The van der Waals surface area contributed by atoms with E-state index < -0.39 is 10.0 Å². The number of carbonyl (C=O) groups is 1. The molecule has 0 saturated carbocycles. The monoisotopic (exact) mass is 401 g/mol. The number of sulfonamides is 1. The van der Waals surface area contributed by atoms with Gasteiger partial charge < -0.3 is 5.32 Å². The molecular weight excluding hydrogens is 382 g/mol. The second-order valence-corrected chi connectivity index (χ2v) is 8.69. The van der Waals surface area contributed by atoms with Crippen LogP contribution in [0.1, 0.15) is 18.1 Å². The van der Waals surface area contributed by atoms with Crippen molar-refractivity contribution in [3.05, 3.63) is 59.0 Å². The third-order valence-corrected chi connectivity index (χ3v) is 6.24. The number of hydrogen-bond donors (Lipinski definition) is 2. The maximum atomic E-state index is 12.6. The van der Waals surface area contributed by atoms with Crippen molar-refractivity contribution in [2.24, 2.45) is 0 Å². The summed E-state index contributed by atoms with van der Waals surface area (Å²) in [5.41, 5.74) is 4.13. The van der Waals surface area contributed by atoms with Crippen LogP contribution < -0.4 is 10.0 Å². The number of aromatic nitrogens is 1. The van der Waals surface area contributed by atoms with E-state index in [0.29, 0.717) is 16.5 Å². The van der Waals surface area contributed by atoms with E-state index >= 15 is 0 Å². The average Bonchev–Trinajstić information content (AvgIpc) is 3.05. The molecule has 0 aliphatic heterocycles. The minimum atomic E-state index is -3.69. The molecule has 0 unspecified atom stereocenters. The molecule has 0 radical (unpaired) electrons. The zero-order valence-corrected chi connectivity index (χ0v) is 16.7. The second kappa shape index (κ2) is 7.50. The number of hydrogen-bond acceptors (Lipinski definition) is 5. The highest BCUT2D eigenvalue weighted by Gasteiger charge is 2.17. The molecule has 27 heavy (non-hydrogen) atoms. The summed E-state index contributed by atoms with van der Waals surface area (Å²) in [6.45, 7) is 5.26. The lowest BCUT2D eigenvalue weighted by Crippen LogP contribution is -2.13. The van der Waals surface area contributed by atoms with Gasteiger partial charge in [0.25, 0.3) is 10.0 Å². The number of amides is 1. The van der Waals surface area contributed by atoms with Gasteiger partial charge in [-0.3, -0.25) is 9.52 Å². The molecule has 6 nitrogen and oxygen atoms in total. The number of benzene rings is 2. The summed E-state index contributed by atoms with van der Waals surface area (Å²) in [5, 5.41) is 4.78. The summed E-state index contributed by atoms with van der Waals surface area (Å²) in [5.74, 6) is -0.139. The third-order valence-electron chi connectivity index (χ3n) is 4.02. The molecular formula is C19H19N3O3S2. The largest absolute Gasteiger partial charge is 0.326 e. The molecule has 1 amide bonds. The standard InChI is InChI=1S/C19H19N3O3S2/c1-12-4-9-17(10-13(12)2)27(24,25)22-19-21-18(11-26-19)15-5-7-16(8-6-15)20-14(3)23/h4-11H,1-3H3,(H,20,23)(H,21,22). The molecule has 8 heteroatoms. The summed E-state index contributed by atoms with van der Waals surface area (Å²) in [4.78, 5) is 15.6. The Morgan fingerprint density at radius 3 is 2.37 bits per heavy atom. The van der Waals surface area contributed by atoms with E-state index in [-0.39, 0.29) is 10.8 Å². The van der Waals surface area contributed by atoms with Gasteiger partial charge in [-0.25, -0.2) is 13.4 Å². The summed E-state index contributed by atoms with van der Waals surface area (Å²) in [7, 11) is -3.69. The summed E-state index contributed by atoms with van der Waals surface area (Å²) in [6, 6.07) is 12.2. The Morgan fingerprint density at radius 1 is 1.04 bits per heavy atom. The van der Waals surface area contributed by atoms with Crippen molar-refractivity contribution >= 4 is 38.1 Å². The predicted octanol–water partition coefficient (Wildman–Crippen LogP) is 4.19. The lowest BCUT2D eigenvalue weighted by atomic mass is 10.1. The maximum absolute atomic E-state index is 12.6. The highest BCUT2D eigenvalue weighted by Crippen LogP contribution is 2.28. The number of anilines is 2. The van der Waals surface area contributed by atoms with E-state index in [1.165, 1.54) is 18.3 Å². The molecule has 1 heterocycles. The second-order valence-electron chi connectivity index (χ2n) is 6.15. The van der Waals surface area contributed by atoms with Gasteiger partial charge in [-0.05, 0) is 49.2 Å². The van der Waals surface area contributed by atoms with Crippen LogP contribution in [0, 0.1) is 13.8 Å². The van der Waals surface area contributed by atoms with Crippen LogP contribution in [0.4, 0.5) is 10.8 Å². The molecule has 0 fully saturated rings. The van der Waals surface area contributed by atoms with E-state index in [0.717, 1.165) is 16.7 Å². The van der Waals surface area contributed by atoms with Crippen molar-refractivity contribution in [1.29, 1.82) is 0 Å². The van der Waals surface area contributed by atoms with E-state index in [4.69, 9.17) is 0 Å². The minimum Gasteiger partial charge on any atom is -0.326 e. The number of thiazole rings is 1. The van der Waals surface area contributed by atoms with Gasteiger partial charge in [0.2, 0.25) is 5.91 Å². The van der Waals surface area contributed by atoms with Crippen LogP contribution in [-0.2, 0) is 14.8 Å². The van der Waals surface area contributed by atoms with Crippen molar-refractivity contribution in [2.45, 2.75) is 25.7 Å². The van der Waals surface area contributed by atoms with Crippen LogP contribution in [0.5, 0.6) is 0 Å². The number of carbonyl (C=O) groups excluding carboxylic acids is 1. The highest BCUT2D eigenvalue weighted by atomic mass is 32.2. The molecule has 3 rings (SSSR count). The fraction of sp³-hybridized carbons (Fsp3) is 0.158. The molecule has 0 aliphatic rings. The average molecular weight is 402 g/mol. The number of rotatable bonds is 5. The van der Waals surface area contributed by atoms with E-state index in [1.54, 1.807) is 35.7 Å². The van der Waals surface area contributed by atoms with Crippen molar-refractivity contribution in [3.8, 4) is 11.3 Å². The molecule has 2 N–H and O–H groups in total. The Morgan fingerprint density at radius 2 is 1.74 bits per heavy atom. The van der Waals surface area contributed by atoms with Gasteiger partial charge in [-0.15, -0.1) is 11.3 Å². The molecule has 0 aliphatic carbocycles. The molecule has 0 atom stereocenters. The molecule has 140 valence electrons. The van der Waals surface area contributed by atoms with Crippen molar-refractivity contribution in [3.63, 3.8) is 0 Å². The molecule has 0 spiro atoms. The molecule has 1 aromatic heterocycles. The van der Waals surface area contributed by atoms with Gasteiger partial charge >= 0.3 is 0 Å². The maximum Gasteiger partial charge on any atom is 0.263 e. The van der Waals surface area contributed by atoms with Crippen molar-refractivity contribution in [1.82, 2.24) is 4.98 Å². The summed E-state index contributed by atoms with van der Waals surface area (Å²) >= 11 is 1.22. The van der Waals surface area contributed by atoms with E-state index in [9.17, 15) is 13.2 Å². The normalized spacial score (nSPS) is 11.2. The van der Waals surface area contributed by atoms with E-state index in [1.807, 2.05) is 26.0 Å². The first-order valence-corrected chi connectivity index (χ1v) is 10.5. The SMILES string of the molecule is CC(=O)Nc1ccc(-c2csc(NS(=O)(=O)c3ccc(C)c(C)c3)n2)cc1. The van der Waals surface area contributed by atoms with Crippen LogP contribution in [0.3, 0.4) is 0 Å². The fourth-order valence-corrected chi connectivity index (χ4v) is 4.49. The minimum absolute atomic E-state index is 0.139. The van der Waals surface area contributed by atoms with E-state index in [2.05, 4.69) is 15.0 Å². The van der Waals surface area contributed by atoms with Crippen LogP contribution in [0.2, 0.25) is 0 Å². The van der Waals surface area contributed by atoms with Crippen LogP contribution in [-0.4, -0.2) is 19.3 Å². The Bertz CT molecular complexity index is 1090. The third kappa shape index (κ3) is 4.53. The molecule has 0 bridgehead atoms. The first-order chi connectivity index (χ1) is 12.7. The zero-order chi connectivity index (χ0) is 19.6. The van der Waals surface area contributed by atoms with Crippen LogP contribution >= 0.6 is 11.3 Å². The Balaban J connectivity index is 1.79. The summed E-state index contributed by atoms with van der Waals surface area (Å²) in [6.07, 6.45) is 0. The molecule has 2 aromatic carbocycles. The number of aryl methyl sites for hydroxylation is 2. The first kappa shape index (κ1) is 19.1. The van der Waals surface area contributed by atoms with Crippen molar-refractivity contribution < 1.29 is 13.2 Å². The fourth-order valence-electron chi connectivity index (χ4n) is 2.44. The van der Waals surface area contributed by atoms with Crippen LogP contribution in [0.15, 0.2) is 52.7 Å². The lowest BCUT2D eigenvalue weighted by molar-refractivity contribution is -0.114. The van der Waals surface area contributed by atoms with Gasteiger partial charge in [-0.1, -0.05) is 18.2 Å². The topological polar surface area (TPSA) is 88.2 Å². The van der Waals surface area contributed by atoms with Gasteiger partial charge in [-0.2, -0.15) is 0 Å². The Labute approximate surface area is 162 Å². The Kier molecular flexibility index (Phi) is 5.29.